The molecule has 3 N–H and O–H groups in total. The van der Waals surface area contributed by atoms with E-state index < -0.39 is 41.0 Å². The van der Waals surface area contributed by atoms with Crippen molar-refractivity contribution >= 4 is 11.9 Å². The Morgan fingerprint density at radius 3 is 2.00 bits per heavy atom. The Kier molecular flexibility index (Phi) is 5.49. The average Bonchev–Trinajstić information content (AvgIpc) is 2.50. The maximum atomic E-state index is 11.7. The zero-order valence-corrected chi connectivity index (χ0v) is 15.9. The van der Waals surface area contributed by atoms with Gasteiger partial charge in [-0.3, -0.25) is 9.69 Å². The summed E-state index contributed by atoms with van der Waals surface area (Å²) in [5, 5.41) is 29.4. The molecule has 1 saturated heterocycles. The normalized spacial score (nSPS) is 22.5. The van der Waals surface area contributed by atoms with Gasteiger partial charge in [-0.05, 0) is 46.1 Å². The Bertz CT molecular complexity index is 652. The van der Waals surface area contributed by atoms with Gasteiger partial charge < -0.3 is 15.3 Å². The van der Waals surface area contributed by atoms with E-state index in [0.717, 1.165) is 5.56 Å². The van der Waals surface area contributed by atoms with Gasteiger partial charge in [0.05, 0.1) is 6.42 Å². The van der Waals surface area contributed by atoms with E-state index in [2.05, 4.69) is 17.0 Å². The molecule has 0 saturated carbocycles. The van der Waals surface area contributed by atoms with Gasteiger partial charge >= 0.3 is 11.9 Å². The van der Waals surface area contributed by atoms with E-state index in [0.29, 0.717) is 19.4 Å². The van der Waals surface area contributed by atoms with Crippen molar-refractivity contribution in [3.05, 3.63) is 35.9 Å². The van der Waals surface area contributed by atoms with Crippen LogP contribution < -0.4 is 0 Å². The molecule has 1 unspecified atom stereocenters. The Morgan fingerprint density at radius 1 is 1.08 bits per heavy atom. The molecule has 6 nitrogen and oxygen atoms in total. The quantitative estimate of drug-likeness (QED) is 0.719. The van der Waals surface area contributed by atoms with Crippen LogP contribution in [0.2, 0.25) is 0 Å². The van der Waals surface area contributed by atoms with Gasteiger partial charge in [0.15, 0.2) is 5.60 Å². The number of benzene rings is 1. The molecule has 1 atom stereocenters. The van der Waals surface area contributed by atoms with Crippen molar-refractivity contribution in [2.45, 2.75) is 70.2 Å². The number of rotatable bonds is 6. The second-order valence-corrected chi connectivity index (χ2v) is 8.60. The minimum Gasteiger partial charge on any atom is -0.481 e. The molecular weight excluding hydrogens is 334 g/mol. The highest BCUT2D eigenvalue weighted by molar-refractivity contribution is 5.84. The lowest BCUT2D eigenvalue weighted by Crippen LogP contribution is -2.64. The number of nitrogens with zero attached hydrogens (tertiary/aromatic N) is 1. The molecule has 0 aliphatic carbocycles. The zero-order valence-electron chi connectivity index (χ0n) is 15.9. The van der Waals surface area contributed by atoms with Crippen LogP contribution >= 0.6 is 0 Å². The second kappa shape index (κ2) is 7.00. The SMILES string of the molecule is CC1(C)CC(C(O)(CC(=O)O)C(=O)O)CC(C)(C)N1Cc1ccccc1. The van der Waals surface area contributed by atoms with Crippen molar-refractivity contribution in [2.24, 2.45) is 5.92 Å². The Labute approximate surface area is 154 Å². The number of carboxylic acid groups (broad SMARTS) is 2. The molecule has 1 aromatic carbocycles. The van der Waals surface area contributed by atoms with Gasteiger partial charge in [0.25, 0.3) is 0 Å². The minimum absolute atomic E-state index is 0.399. The number of carboxylic acids is 2. The van der Waals surface area contributed by atoms with E-state index in [1.54, 1.807) is 0 Å². The van der Waals surface area contributed by atoms with Crippen LogP contribution in [0.5, 0.6) is 0 Å². The lowest BCUT2D eigenvalue weighted by molar-refractivity contribution is -0.182. The lowest BCUT2D eigenvalue weighted by atomic mass is 9.66. The van der Waals surface area contributed by atoms with Gasteiger partial charge in [0.1, 0.15) is 0 Å². The molecule has 0 spiro atoms. The standard InChI is InChI=1S/C20H29NO5/c1-18(2)10-15(20(26,17(24)25)12-16(22)23)11-19(3,4)21(18)13-14-8-6-5-7-9-14/h5-9,15,26H,10-13H2,1-4H3,(H,22,23)(H,24,25). The van der Waals surface area contributed by atoms with E-state index in [1.165, 1.54) is 0 Å². The number of hydrogen-bond donors (Lipinski definition) is 3. The predicted molar refractivity (Wildman–Crippen MR) is 97.7 cm³/mol. The van der Waals surface area contributed by atoms with Crippen LogP contribution in [0, 0.1) is 5.92 Å². The second-order valence-electron chi connectivity index (χ2n) is 8.60. The maximum Gasteiger partial charge on any atom is 0.336 e. The molecule has 6 heteroatoms. The first-order chi connectivity index (χ1) is 11.9. The maximum absolute atomic E-state index is 11.7. The Hall–Kier alpha value is -1.92. The molecule has 1 aromatic rings. The van der Waals surface area contributed by atoms with E-state index >= 15 is 0 Å². The molecule has 0 bridgehead atoms. The lowest BCUT2D eigenvalue weighted by Gasteiger charge is -2.57. The fourth-order valence-electron chi connectivity index (χ4n) is 4.47. The van der Waals surface area contributed by atoms with Gasteiger partial charge in [-0.15, -0.1) is 0 Å². The van der Waals surface area contributed by atoms with Crippen molar-refractivity contribution < 1.29 is 24.9 Å². The highest BCUT2D eigenvalue weighted by atomic mass is 16.4. The number of piperidine rings is 1. The summed E-state index contributed by atoms with van der Waals surface area (Å²) in [5.41, 5.74) is -1.90. The Balaban J connectivity index is 2.33. The molecule has 1 aliphatic heterocycles. The molecule has 0 amide bonds. The summed E-state index contributed by atoms with van der Waals surface area (Å²) in [6, 6.07) is 10.0. The highest BCUT2D eigenvalue weighted by Crippen LogP contribution is 2.46. The van der Waals surface area contributed by atoms with Gasteiger partial charge in [-0.25, -0.2) is 4.79 Å². The molecular formula is C20H29NO5. The molecule has 0 radical (unpaired) electrons. The molecule has 26 heavy (non-hydrogen) atoms. The minimum atomic E-state index is -2.26. The Morgan fingerprint density at radius 2 is 1.58 bits per heavy atom. The fourth-order valence-corrected chi connectivity index (χ4v) is 4.47. The third-order valence-electron chi connectivity index (χ3n) is 5.60. The van der Waals surface area contributed by atoms with Gasteiger partial charge in [0, 0.05) is 23.5 Å². The molecule has 1 fully saturated rings. The first-order valence-corrected chi connectivity index (χ1v) is 8.88. The number of aliphatic hydroxyl groups is 1. The van der Waals surface area contributed by atoms with Crippen LogP contribution in [0.25, 0.3) is 0 Å². The molecule has 2 rings (SSSR count). The van der Waals surface area contributed by atoms with Crippen LogP contribution in [0.3, 0.4) is 0 Å². The summed E-state index contributed by atoms with van der Waals surface area (Å²) in [6.45, 7) is 8.79. The van der Waals surface area contributed by atoms with Crippen molar-refractivity contribution in [3.63, 3.8) is 0 Å². The van der Waals surface area contributed by atoms with E-state index in [4.69, 9.17) is 5.11 Å². The summed E-state index contributed by atoms with van der Waals surface area (Å²) in [4.78, 5) is 25.2. The predicted octanol–water partition coefficient (Wildman–Crippen LogP) is 2.75. The zero-order chi connectivity index (χ0) is 19.8. The third-order valence-corrected chi connectivity index (χ3v) is 5.60. The number of carbonyl (C=O) groups is 2. The van der Waals surface area contributed by atoms with Crippen molar-refractivity contribution in [1.29, 1.82) is 0 Å². The monoisotopic (exact) mass is 363 g/mol. The number of likely N-dealkylation sites (tertiary alicyclic amines) is 1. The summed E-state index contributed by atoms with van der Waals surface area (Å²) in [5.74, 6) is -3.42. The highest BCUT2D eigenvalue weighted by Gasteiger charge is 2.55. The summed E-state index contributed by atoms with van der Waals surface area (Å²) in [6.07, 6.45) is 0.0104. The van der Waals surface area contributed by atoms with Crippen LogP contribution in [-0.4, -0.2) is 48.8 Å². The van der Waals surface area contributed by atoms with Gasteiger partial charge in [-0.2, -0.15) is 0 Å². The topological polar surface area (TPSA) is 98.1 Å². The summed E-state index contributed by atoms with van der Waals surface area (Å²) < 4.78 is 0. The van der Waals surface area contributed by atoms with Crippen molar-refractivity contribution in [3.8, 4) is 0 Å². The van der Waals surface area contributed by atoms with Gasteiger partial charge in [-0.1, -0.05) is 30.3 Å². The number of hydrogen-bond acceptors (Lipinski definition) is 4. The first-order valence-electron chi connectivity index (χ1n) is 8.88. The van der Waals surface area contributed by atoms with E-state index in [1.807, 2.05) is 45.9 Å². The molecule has 144 valence electrons. The number of aliphatic carboxylic acids is 2. The van der Waals surface area contributed by atoms with Crippen molar-refractivity contribution in [1.82, 2.24) is 4.90 Å². The smallest absolute Gasteiger partial charge is 0.336 e. The largest absolute Gasteiger partial charge is 0.481 e. The first kappa shape index (κ1) is 20.4. The van der Waals surface area contributed by atoms with Crippen LogP contribution in [0.15, 0.2) is 30.3 Å². The van der Waals surface area contributed by atoms with Gasteiger partial charge in [0.2, 0.25) is 0 Å². The third kappa shape index (κ3) is 4.07. The summed E-state index contributed by atoms with van der Waals surface area (Å²) in [7, 11) is 0. The van der Waals surface area contributed by atoms with Crippen LogP contribution in [0.4, 0.5) is 0 Å². The van der Waals surface area contributed by atoms with E-state index in [-0.39, 0.29) is 0 Å². The summed E-state index contributed by atoms with van der Waals surface area (Å²) >= 11 is 0. The van der Waals surface area contributed by atoms with E-state index in [9.17, 15) is 19.8 Å². The molecule has 0 aromatic heterocycles. The molecule has 1 aliphatic rings. The average molecular weight is 363 g/mol. The van der Waals surface area contributed by atoms with Crippen LogP contribution in [0.1, 0.15) is 52.5 Å². The fraction of sp³-hybridized carbons (Fsp3) is 0.600. The van der Waals surface area contributed by atoms with Crippen molar-refractivity contribution in [2.75, 3.05) is 0 Å². The molecule has 1 heterocycles. The van der Waals surface area contributed by atoms with Crippen LogP contribution in [-0.2, 0) is 16.1 Å².